The summed E-state index contributed by atoms with van der Waals surface area (Å²) in [5.41, 5.74) is 1.85. The molecule has 0 aliphatic carbocycles. The number of nitrogens with zero attached hydrogens (tertiary/aromatic N) is 3. The van der Waals surface area contributed by atoms with Crippen LogP contribution in [0.5, 0.6) is 0 Å². The standard InChI is InChI=1S/C13H22ClN3O2/c1-6-19-12(18)8-17(9(2)3)7-11-10(4)15-16(5)13(11)14/h9H,6-8H2,1-5H3. The maximum absolute atomic E-state index is 11.6. The topological polar surface area (TPSA) is 47.4 Å². The molecule has 108 valence electrons. The van der Waals surface area contributed by atoms with Crippen molar-refractivity contribution in [2.24, 2.45) is 7.05 Å². The van der Waals surface area contributed by atoms with Crippen LogP contribution in [0.3, 0.4) is 0 Å². The van der Waals surface area contributed by atoms with Gasteiger partial charge in [0.1, 0.15) is 5.15 Å². The van der Waals surface area contributed by atoms with Crippen molar-refractivity contribution in [1.82, 2.24) is 14.7 Å². The van der Waals surface area contributed by atoms with Gasteiger partial charge in [-0.1, -0.05) is 11.6 Å². The van der Waals surface area contributed by atoms with Gasteiger partial charge in [0.25, 0.3) is 0 Å². The van der Waals surface area contributed by atoms with Crippen LogP contribution in [-0.2, 0) is 23.1 Å². The van der Waals surface area contributed by atoms with Crippen molar-refractivity contribution in [2.75, 3.05) is 13.2 Å². The van der Waals surface area contributed by atoms with Gasteiger partial charge in [0.05, 0.1) is 18.8 Å². The van der Waals surface area contributed by atoms with Crippen LogP contribution in [0.1, 0.15) is 32.0 Å². The Morgan fingerprint density at radius 3 is 2.58 bits per heavy atom. The van der Waals surface area contributed by atoms with Gasteiger partial charge in [0, 0.05) is 25.2 Å². The fraction of sp³-hybridized carbons (Fsp3) is 0.692. The van der Waals surface area contributed by atoms with Crippen LogP contribution >= 0.6 is 11.6 Å². The first kappa shape index (κ1) is 16.0. The number of aryl methyl sites for hydroxylation is 2. The first-order valence-electron chi connectivity index (χ1n) is 6.44. The van der Waals surface area contributed by atoms with Crippen LogP contribution in [0.4, 0.5) is 0 Å². The number of carbonyl (C=O) groups is 1. The number of halogens is 1. The van der Waals surface area contributed by atoms with E-state index < -0.39 is 0 Å². The molecule has 6 heteroatoms. The van der Waals surface area contributed by atoms with E-state index in [0.29, 0.717) is 18.3 Å². The van der Waals surface area contributed by atoms with E-state index in [4.69, 9.17) is 16.3 Å². The lowest BCUT2D eigenvalue weighted by Gasteiger charge is -2.25. The van der Waals surface area contributed by atoms with E-state index in [1.807, 2.05) is 32.7 Å². The summed E-state index contributed by atoms with van der Waals surface area (Å²) in [6.45, 7) is 9.06. The zero-order chi connectivity index (χ0) is 14.6. The molecule has 0 fully saturated rings. The lowest BCUT2D eigenvalue weighted by atomic mass is 10.2. The highest BCUT2D eigenvalue weighted by Crippen LogP contribution is 2.21. The second-order valence-electron chi connectivity index (χ2n) is 4.78. The molecule has 0 saturated carbocycles. The van der Waals surface area contributed by atoms with Crippen molar-refractivity contribution in [3.8, 4) is 0 Å². The van der Waals surface area contributed by atoms with Crippen molar-refractivity contribution in [2.45, 2.75) is 40.3 Å². The highest BCUT2D eigenvalue weighted by Gasteiger charge is 2.20. The summed E-state index contributed by atoms with van der Waals surface area (Å²) in [5.74, 6) is -0.214. The number of aromatic nitrogens is 2. The SMILES string of the molecule is CCOC(=O)CN(Cc1c(C)nn(C)c1Cl)C(C)C. The van der Waals surface area contributed by atoms with Gasteiger partial charge >= 0.3 is 5.97 Å². The van der Waals surface area contributed by atoms with Crippen molar-refractivity contribution in [3.05, 3.63) is 16.4 Å². The molecule has 0 unspecified atom stereocenters. The van der Waals surface area contributed by atoms with E-state index in [1.54, 1.807) is 11.6 Å². The van der Waals surface area contributed by atoms with Gasteiger partial charge in [0.2, 0.25) is 0 Å². The van der Waals surface area contributed by atoms with E-state index in [0.717, 1.165) is 11.3 Å². The maximum Gasteiger partial charge on any atom is 0.320 e. The molecule has 1 aromatic heterocycles. The molecule has 1 rings (SSSR count). The molecule has 1 heterocycles. The summed E-state index contributed by atoms with van der Waals surface area (Å²) in [7, 11) is 1.81. The third-order valence-corrected chi connectivity index (χ3v) is 3.47. The third-order valence-electron chi connectivity index (χ3n) is 3.00. The van der Waals surface area contributed by atoms with E-state index in [9.17, 15) is 4.79 Å². The van der Waals surface area contributed by atoms with Gasteiger partial charge in [-0.05, 0) is 27.7 Å². The van der Waals surface area contributed by atoms with E-state index in [2.05, 4.69) is 5.10 Å². The summed E-state index contributed by atoms with van der Waals surface area (Å²) in [5, 5.41) is 4.90. The first-order valence-corrected chi connectivity index (χ1v) is 6.82. The second-order valence-corrected chi connectivity index (χ2v) is 5.14. The predicted octanol–water partition coefficient (Wildman–Crippen LogP) is 2.16. The Labute approximate surface area is 119 Å². The lowest BCUT2D eigenvalue weighted by Crippen LogP contribution is -2.36. The normalized spacial score (nSPS) is 11.4. The summed E-state index contributed by atoms with van der Waals surface area (Å²) in [6, 6.07) is 0.222. The number of rotatable bonds is 6. The van der Waals surface area contributed by atoms with Crippen molar-refractivity contribution in [1.29, 1.82) is 0 Å². The Morgan fingerprint density at radius 1 is 1.53 bits per heavy atom. The molecule has 0 N–H and O–H groups in total. The molecule has 0 amide bonds. The van der Waals surface area contributed by atoms with Gasteiger partial charge in [-0.3, -0.25) is 14.4 Å². The molecular weight excluding hydrogens is 266 g/mol. The van der Waals surface area contributed by atoms with Gasteiger partial charge in [-0.25, -0.2) is 0 Å². The molecule has 0 aliphatic rings. The molecule has 0 spiro atoms. The predicted molar refractivity (Wildman–Crippen MR) is 75.1 cm³/mol. The molecule has 1 aromatic rings. The van der Waals surface area contributed by atoms with Crippen LogP contribution in [0, 0.1) is 6.92 Å². The average Bonchev–Trinajstić information content (AvgIpc) is 2.55. The molecule has 5 nitrogen and oxygen atoms in total. The van der Waals surface area contributed by atoms with Crippen molar-refractivity contribution >= 4 is 17.6 Å². The molecular formula is C13H22ClN3O2. The number of carbonyl (C=O) groups excluding carboxylic acids is 1. The number of hydrogen-bond acceptors (Lipinski definition) is 4. The number of esters is 1. The number of hydrogen-bond donors (Lipinski definition) is 0. The highest BCUT2D eigenvalue weighted by atomic mass is 35.5. The molecule has 0 bridgehead atoms. The van der Waals surface area contributed by atoms with Crippen molar-refractivity contribution in [3.63, 3.8) is 0 Å². The van der Waals surface area contributed by atoms with Gasteiger partial charge in [0.15, 0.2) is 0 Å². The minimum absolute atomic E-state index is 0.214. The lowest BCUT2D eigenvalue weighted by molar-refractivity contribution is -0.145. The number of ether oxygens (including phenoxy) is 1. The molecule has 0 aromatic carbocycles. The van der Waals surface area contributed by atoms with Crippen LogP contribution in [0.15, 0.2) is 0 Å². The summed E-state index contributed by atoms with van der Waals surface area (Å²) in [4.78, 5) is 13.6. The van der Waals surface area contributed by atoms with Gasteiger partial charge in [-0.2, -0.15) is 5.10 Å². The molecule has 19 heavy (non-hydrogen) atoms. The monoisotopic (exact) mass is 287 g/mol. The first-order chi connectivity index (χ1) is 8.86. The zero-order valence-electron chi connectivity index (χ0n) is 12.2. The quantitative estimate of drug-likeness (QED) is 0.752. The Kier molecular flexibility index (Phi) is 5.82. The zero-order valence-corrected chi connectivity index (χ0v) is 13.0. The fourth-order valence-electron chi connectivity index (χ4n) is 1.85. The largest absolute Gasteiger partial charge is 0.465 e. The minimum Gasteiger partial charge on any atom is -0.465 e. The van der Waals surface area contributed by atoms with Crippen LogP contribution in [0.2, 0.25) is 5.15 Å². The Morgan fingerprint density at radius 2 is 2.16 bits per heavy atom. The smallest absolute Gasteiger partial charge is 0.320 e. The average molecular weight is 288 g/mol. The summed E-state index contributed by atoms with van der Waals surface area (Å²) >= 11 is 6.22. The molecule has 0 atom stereocenters. The molecule has 0 saturated heterocycles. The van der Waals surface area contributed by atoms with E-state index >= 15 is 0 Å². The fourth-order valence-corrected chi connectivity index (χ4v) is 2.08. The Hall–Kier alpha value is -1.07. The van der Waals surface area contributed by atoms with Gasteiger partial charge in [-0.15, -0.1) is 0 Å². The summed E-state index contributed by atoms with van der Waals surface area (Å²) < 4.78 is 6.64. The van der Waals surface area contributed by atoms with Crippen LogP contribution in [0.25, 0.3) is 0 Å². The minimum atomic E-state index is -0.214. The summed E-state index contributed by atoms with van der Waals surface area (Å²) in [6.07, 6.45) is 0. The van der Waals surface area contributed by atoms with Gasteiger partial charge < -0.3 is 4.74 Å². The van der Waals surface area contributed by atoms with E-state index in [-0.39, 0.29) is 18.6 Å². The maximum atomic E-state index is 11.6. The van der Waals surface area contributed by atoms with Crippen LogP contribution < -0.4 is 0 Å². The third kappa shape index (κ3) is 4.21. The Bertz CT molecular complexity index is 443. The molecule has 0 aliphatic heterocycles. The second kappa shape index (κ2) is 6.91. The highest BCUT2D eigenvalue weighted by molar-refractivity contribution is 6.30. The Balaban J connectivity index is 2.81. The van der Waals surface area contributed by atoms with E-state index in [1.165, 1.54) is 0 Å². The van der Waals surface area contributed by atoms with Crippen LogP contribution in [-0.4, -0.2) is 39.8 Å². The molecule has 0 radical (unpaired) electrons. The van der Waals surface area contributed by atoms with Crippen molar-refractivity contribution < 1.29 is 9.53 Å².